The third-order valence-corrected chi connectivity index (χ3v) is 8.95. The van der Waals surface area contributed by atoms with Gasteiger partial charge in [0.1, 0.15) is 16.3 Å². The highest BCUT2D eigenvalue weighted by Crippen LogP contribution is 2.47. The van der Waals surface area contributed by atoms with Crippen LogP contribution in [0.4, 0.5) is 11.4 Å². The van der Waals surface area contributed by atoms with E-state index in [1.165, 1.54) is 10.4 Å². The quantitative estimate of drug-likeness (QED) is 0.206. The Bertz CT molecular complexity index is 2000. The third kappa shape index (κ3) is 4.68. The number of fused-ring (bicyclic) bond motifs is 2. The molecule has 0 fully saturated rings. The lowest BCUT2D eigenvalue weighted by Crippen LogP contribution is -2.25. The zero-order valence-electron chi connectivity index (χ0n) is 22.1. The van der Waals surface area contributed by atoms with Gasteiger partial charge in [0.05, 0.1) is 17.1 Å². The van der Waals surface area contributed by atoms with Gasteiger partial charge in [0.2, 0.25) is 0 Å². The largest absolute Gasteiger partial charge is 0.454 e. The van der Waals surface area contributed by atoms with Gasteiger partial charge in [-0.3, -0.25) is 0 Å². The Morgan fingerprint density at radius 3 is 1.90 bits per heavy atom. The van der Waals surface area contributed by atoms with Crippen LogP contribution >= 0.6 is 11.6 Å². The molecule has 0 spiro atoms. The lowest BCUT2D eigenvalue weighted by molar-refractivity contribution is 0.473. The number of benzene rings is 5. The number of hydrogen-bond acceptors (Lipinski definition) is 5. The summed E-state index contributed by atoms with van der Waals surface area (Å²) in [5, 5.41) is 0.381. The monoisotopic (exact) mass is 587 g/mol. The molecule has 0 aliphatic carbocycles. The van der Waals surface area contributed by atoms with Crippen LogP contribution in [-0.2, 0) is 10.0 Å². The molecule has 0 amide bonds. The topological polar surface area (TPSA) is 72.4 Å². The highest BCUT2D eigenvalue weighted by atomic mass is 35.5. The second-order valence-corrected chi connectivity index (χ2v) is 11.9. The maximum absolute atomic E-state index is 14.2. The van der Waals surface area contributed by atoms with Crippen molar-refractivity contribution in [3.63, 3.8) is 0 Å². The highest BCUT2D eigenvalue weighted by molar-refractivity contribution is 7.93. The minimum Gasteiger partial charge on any atom is -0.454 e. The average Bonchev–Trinajstić information content (AvgIpc) is 3.12. The van der Waals surface area contributed by atoms with Crippen LogP contribution in [0.2, 0.25) is 5.02 Å². The molecule has 1 aliphatic heterocycles. The third-order valence-electron chi connectivity index (χ3n) is 6.93. The van der Waals surface area contributed by atoms with E-state index in [1.54, 1.807) is 54.6 Å². The molecule has 0 saturated carbocycles. The molecule has 8 heteroatoms. The van der Waals surface area contributed by atoms with Gasteiger partial charge in [0.25, 0.3) is 10.0 Å². The van der Waals surface area contributed by atoms with E-state index in [2.05, 4.69) is 0 Å². The normalized spacial score (nSPS) is 13.4. The van der Waals surface area contributed by atoms with Crippen molar-refractivity contribution in [2.75, 3.05) is 4.31 Å². The van der Waals surface area contributed by atoms with Crippen LogP contribution in [0.5, 0.6) is 11.5 Å². The van der Waals surface area contributed by atoms with Crippen molar-refractivity contribution in [1.29, 1.82) is 0 Å². The number of aromatic nitrogens is 2. The van der Waals surface area contributed by atoms with Crippen LogP contribution in [0.25, 0.3) is 33.9 Å². The fraction of sp³-hybridized carbons (Fsp3) is 0. The summed E-state index contributed by atoms with van der Waals surface area (Å²) in [5.74, 6) is 1.07. The van der Waals surface area contributed by atoms with E-state index < -0.39 is 10.0 Å². The molecule has 0 radical (unpaired) electrons. The van der Waals surface area contributed by atoms with Gasteiger partial charge in [-0.1, -0.05) is 96.5 Å². The number of hydrogen-bond donors (Lipinski definition) is 0. The van der Waals surface area contributed by atoms with Gasteiger partial charge in [0, 0.05) is 21.7 Å². The number of rotatable bonds is 4. The fourth-order valence-electron chi connectivity index (χ4n) is 4.97. The Balaban J connectivity index is 1.42. The van der Waals surface area contributed by atoms with Crippen LogP contribution in [0, 0.1) is 0 Å². The van der Waals surface area contributed by atoms with Crippen LogP contribution in [-0.4, -0.2) is 18.4 Å². The van der Waals surface area contributed by atoms with Gasteiger partial charge in [-0.25, -0.2) is 22.7 Å². The van der Waals surface area contributed by atoms with Crippen molar-refractivity contribution in [2.24, 2.45) is 0 Å². The summed E-state index contributed by atoms with van der Waals surface area (Å²) in [6, 6.07) is 40.4. The molecule has 0 unspecified atom stereocenters. The molecule has 1 aromatic heterocycles. The average molecular weight is 588 g/mol. The molecule has 0 atom stereocenters. The summed E-state index contributed by atoms with van der Waals surface area (Å²) in [6.07, 6.45) is 0. The zero-order chi connectivity index (χ0) is 28.7. The van der Waals surface area contributed by atoms with E-state index in [9.17, 15) is 8.42 Å². The van der Waals surface area contributed by atoms with Crippen molar-refractivity contribution < 1.29 is 13.2 Å². The first-order chi connectivity index (χ1) is 20.5. The van der Waals surface area contributed by atoms with E-state index in [1.807, 2.05) is 72.8 Å². The number of para-hydroxylation sites is 1. The van der Waals surface area contributed by atoms with E-state index in [0.717, 1.165) is 22.5 Å². The van der Waals surface area contributed by atoms with Crippen molar-refractivity contribution >= 4 is 33.0 Å². The first kappa shape index (κ1) is 26.0. The Labute approximate surface area is 248 Å². The van der Waals surface area contributed by atoms with Crippen LogP contribution in [0.15, 0.2) is 138 Å². The number of halogens is 1. The molecule has 0 saturated heterocycles. The molecular weight excluding hydrogens is 566 g/mol. The van der Waals surface area contributed by atoms with Gasteiger partial charge in [-0.05, 0) is 48.5 Å². The molecule has 0 bridgehead atoms. The minimum absolute atomic E-state index is 0.0522. The van der Waals surface area contributed by atoms with Gasteiger partial charge < -0.3 is 4.74 Å². The second-order valence-electron chi connectivity index (χ2n) is 9.67. The Kier molecular flexibility index (Phi) is 6.46. The maximum Gasteiger partial charge on any atom is 0.272 e. The van der Waals surface area contributed by atoms with E-state index in [-0.39, 0.29) is 10.6 Å². The lowest BCUT2D eigenvalue weighted by Gasteiger charge is -2.24. The predicted octanol–water partition coefficient (Wildman–Crippen LogP) is 8.76. The molecule has 6 nitrogen and oxygen atoms in total. The number of sulfonamides is 1. The minimum atomic E-state index is -4.09. The Morgan fingerprint density at radius 1 is 0.595 bits per heavy atom. The molecule has 42 heavy (non-hydrogen) atoms. The standard InChI is InChI=1S/C34H22ClN3O3S/c35-26-18-19-31-30(21-26)38(42(39,40)33-17-8-7-16-32(33)41-31)27-15-9-14-25(20-27)34-36-28(23-10-3-1-4-11-23)22-29(37-34)24-12-5-2-6-13-24/h1-22H. The first-order valence-corrected chi connectivity index (χ1v) is 15.0. The SMILES string of the molecule is O=S1(=O)c2ccccc2Oc2ccc(Cl)cc2N1c1cccc(-c2nc(-c3ccccc3)cc(-c3ccccc3)n2)c1. The Hall–Kier alpha value is -4.98. The number of ether oxygens (including phenoxy) is 1. The van der Waals surface area contributed by atoms with Crippen molar-refractivity contribution in [1.82, 2.24) is 9.97 Å². The summed E-state index contributed by atoms with van der Waals surface area (Å²) >= 11 is 6.37. The van der Waals surface area contributed by atoms with Crippen molar-refractivity contribution in [3.8, 4) is 45.4 Å². The van der Waals surface area contributed by atoms with Crippen LogP contribution in [0.1, 0.15) is 0 Å². The Morgan fingerprint density at radius 2 is 1.21 bits per heavy atom. The molecule has 0 N–H and O–H groups in total. The van der Waals surface area contributed by atoms with Crippen LogP contribution in [0.3, 0.4) is 0 Å². The second kappa shape index (κ2) is 10.4. The number of anilines is 2. The smallest absolute Gasteiger partial charge is 0.272 e. The van der Waals surface area contributed by atoms with E-state index >= 15 is 0 Å². The summed E-state index contributed by atoms with van der Waals surface area (Å²) in [5.41, 5.74) is 4.76. The maximum atomic E-state index is 14.2. The summed E-state index contributed by atoms with van der Waals surface area (Å²) in [6.45, 7) is 0. The lowest BCUT2D eigenvalue weighted by atomic mass is 10.1. The summed E-state index contributed by atoms with van der Waals surface area (Å²) in [7, 11) is -4.09. The summed E-state index contributed by atoms with van der Waals surface area (Å²) < 4.78 is 35.7. The molecule has 2 heterocycles. The molecule has 7 rings (SSSR count). The molecular formula is C34H22ClN3O3S. The highest BCUT2D eigenvalue weighted by Gasteiger charge is 2.35. The van der Waals surface area contributed by atoms with Gasteiger partial charge in [-0.15, -0.1) is 0 Å². The van der Waals surface area contributed by atoms with E-state index in [0.29, 0.717) is 33.5 Å². The molecule has 204 valence electrons. The van der Waals surface area contributed by atoms with Crippen LogP contribution < -0.4 is 9.04 Å². The van der Waals surface area contributed by atoms with E-state index in [4.69, 9.17) is 26.3 Å². The molecule has 5 aromatic carbocycles. The van der Waals surface area contributed by atoms with Crippen molar-refractivity contribution in [3.05, 3.63) is 138 Å². The zero-order valence-corrected chi connectivity index (χ0v) is 23.6. The van der Waals surface area contributed by atoms with Gasteiger partial charge in [-0.2, -0.15) is 0 Å². The fourth-order valence-corrected chi connectivity index (χ4v) is 6.74. The predicted molar refractivity (Wildman–Crippen MR) is 166 cm³/mol. The van der Waals surface area contributed by atoms with Crippen molar-refractivity contribution in [2.45, 2.75) is 4.90 Å². The first-order valence-electron chi connectivity index (χ1n) is 13.2. The van der Waals surface area contributed by atoms with Gasteiger partial charge >= 0.3 is 0 Å². The van der Waals surface area contributed by atoms with Gasteiger partial charge in [0.15, 0.2) is 11.6 Å². The molecule has 6 aromatic rings. The number of nitrogens with zero attached hydrogens (tertiary/aromatic N) is 3. The molecule has 1 aliphatic rings. The summed E-state index contributed by atoms with van der Waals surface area (Å²) in [4.78, 5) is 9.87.